The molecule has 35 heavy (non-hydrogen) atoms. The average molecular weight is 470 g/mol. The molecule has 0 atom stereocenters. The van der Waals surface area contributed by atoms with Crippen LogP contribution in [0.1, 0.15) is 18.4 Å². The summed E-state index contributed by atoms with van der Waals surface area (Å²) in [6.07, 6.45) is 6.94. The fourth-order valence-electron chi connectivity index (χ4n) is 4.66. The number of ether oxygens (including phenoxy) is 1. The lowest BCUT2D eigenvalue weighted by atomic mass is 9.93. The van der Waals surface area contributed by atoms with Crippen LogP contribution in [-0.4, -0.2) is 35.3 Å². The maximum Gasteiger partial charge on any atom is 0.318 e. The maximum atomic E-state index is 16.1. The van der Waals surface area contributed by atoms with Gasteiger partial charge in [0.25, 0.3) is 0 Å². The highest BCUT2D eigenvalue weighted by molar-refractivity contribution is 6.04. The number of hydrogen-bond donors (Lipinski definition) is 1. The van der Waals surface area contributed by atoms with E-state index in [1.165, 1.54) is 31.4 Å². The predicted molar refractivity (Wildman–Crippen MR) is 129 cm³/mol. The zero-order chi connectivity index (χ0) is 24.7. The van der Waals surface area contributed by atoms with Crippen LogP contribution < -0.4 is 9.64 Å². The van der Waals surface area contributed by atoms with Gasteiger partial charge in [0.2, 0.25) is 0 Å². The number of piperidine rings is 1. The van der Waals surface area contributed by atoms with Crippen LogP contribution in [0.15, 0.2) is 36.4 Å². The molecule has 0 spiro atoms. The van der Waals surface area contributed by atoms with Gasteiger partial charge in [-0.25, -0.2) is 8.78 Å². The summed E-state index contributed by atoms with van der Waals surface area (Å²) in [5.74, 6) is 1.46. The molecule has 0 unspecified atom stereocenters. The van der Waals surface area contributed by atoms with Crippen molar-refractivity contribution in [3.05, 3.63) is 53.6 Å². The van der Waals surface area contributed by atoms with Gasteiger partial charge in [0.05, 0.1) is 18.7 Å². The number of aromatic hydroxyl groups is 1. The number of phenolic OH excluding ortho intramolecular Hbond substituents is 1. The van der Waals surface area contributed by atoms with Crippen molar-refractivity contribution in [3.63, 3.8) is 0 Å². The molecular weight excluding hydrogens is 450 g/mol. The molecule has 6 nitrogen and oxygen atoms in total. The lowest BCUT2D eigenvalue weighted by Gasteiger charge is -2.31. The lowest BCUT2D eigenvalue weighted by Crippen LogP contribution is -2.34. The number of terminal acetylenes is 1. The fraction of sp³-hybridized carbons (Fsp3) is 0.222. The van der Waals surface area contributed by atoms with E-state index in [9.17, 15) is 14.8 Å². The van der Waals surface area contributed by atoms with Gasteiger partial charge < -0.3 is 14.7 Å². The SMILES string of the molecule is C#Cc1c(F)ccc2cc(O)cc(-c3ccc4c(N5CCC(C#N)CC5)nc(OC)nc4c3F)c12. The third kappa shape index (κ3) is 3.74. The van der Waals surface area contributed by atoms with Crippen molar-refractivity contribution in [1.82, 2.24) is 9.97 Å². The van der Waals surface area contributed by atoms with E-state index in [0.29, 0.717) is 47.9 Å². The summed E-state index contributed by atoms with van der Waals surface area (Å²) in [7, 11) is 1.40. The molecule has 1 saturated heterocycles. The van der Waals surface area contributed by atoms with E-state index < -0.39 is 11.6 Å². The maximum absolute atomic E-state index is 16.1. The van der Waals surface area contributed by atoms with Gasteiger partial charge in [0.1, 0.15) is 22.9 Å². The number of rotatable bonds is 3. The van der Waals surface area contributed by atoms with Crippen molar-refractivity contribution in [3.8, 4) is 41.3 Å². The smallest absolute Gasteiger partial charge is 0.318 e. The van der Waals surface area contributed by atoms with Crippen LogP contribution in [0.2, 0.25) is 0 Å². The summed E-state index contributed by atoms with van der Waals surface area (Å²) in [5, 5.41) is 20.8. The molecule has 174 valence electrons. The van der Waals surface area contributed by atoms with E-state index in [-0.39, 0.29) is 39.9 Å². The van der Waals surface area contributed by atoms with E-state index in [1.54, 1.807) is 12.1 Å². The fourth-order valence-corrected chi connectivity index (χ4v) is 4.66. The molecule has 0 aliphatic carbocycles. The highest BCUT2D eigenvalue weighted by Gasteiger charge is 2.25. The quantitative estimate of drug-likeness (QED) is 0.417. The van der Waals surface area contributed by atoms with Gasteiger partial charge in [-0.3, -0.25) is 0 Å². The van der Waals surface area contributed by atoms with Crippen LogP contribution in [0.4, 0.5) is 14.6 Å². The van der Waals surface area contributed by atoms with Crippen LogP contribution in [0.3, 0.4) is 0 Å². The Kier molecular flexibility index (Phi) is 5.58. The third-order valence-electron chi connectivity index (χ3n) is 6.41. The number of hydrogen-bond acceptors (Lipinski definition) is 6. The van der Waals surface area contributed by atoms with Crippen LogP contribution >= 0.6 is 0 Å². The van der Waals surface area contributed by atoms with Crippen LogP contribution in [0, 0.1) is 41.2 Å². The summed E-state index contributed by atoms with van der Waals surface area (Å²) in [5.41, 5.74) is 0.372. The van der Waals surface area contributed by atoms with Crippen molar-refractivity contribution in [2.45, 2.75) is 12.8 Å². The Hall–Kier alpha value is -4.43. The molecule has 2 heterocycles. The molecule has 5 rings (SSSR count). The van der Waals surface area contributed by atoms with Crippen molar-refractivity contribution in [2.75, 3.05) is 25.1 Å². The number of phenols is 1. The summed E-state index contributed by atoms with van der Waals surface area (Å²) >= 11 is 0. The average Bonchev–Trinajstić information content (AvgIpc) is 2.88. The molecule has 1 N–H and O–H groups in total. The normalized spacial score (nSPS) is 14.1. The number of halogens is 2. The number of anilines is 1. The standard InChI is InChI=1S/C27H20F2N4O2/c1-3-18-22(28)7-4-16-12-17(34)13-21(23(16)18)19-5-6-20-25(24(19)29)31-27(35-2)32-26(20)33-10-8-15(14-30)9-11-33/h1,4-7,12-13,15,34H,8-11H2,2H3. The first-order valence-corrected chi connectivity index (χ1v) is 11.1. The first-order valence-electron chi connectivity index (χ1n) is 11.1. The van der Waals surface area contributed by atoms with Gasteiger partial charge in [-0.05, 0) is 48.1 Å². The zero-order valence-corrected chi connectivity index (χ0v) is 18.8. The number of aromatic nitrogens is 2. The first kappa shape index (κ1) is 22.4. The van der Waals surface area contributed by atoms with Crippen molar-refractivity contribution >= 4 is 27.5 Å². The van der Waals surface area contributed by atoms with E-state index >= 15 is 4.39 Å². The largest absolute Gasteiger partial charge is 0.508 e. The number of nitriles is 1. The Balaban J connectivity index is 1.75. The molecule has 8 heteroatoms. The van der Waals surface area contributed by atoms with Gasteiger partial charge >= 0.3 is 6.01 Å². The Morgan fingerprint density at radius 1 is 1.11 bits per heavy atom. The van der Waals surface area contributed by atoms with Crippen molar-refractivity contribution in [2.24, 2.45) is 5.92 Å². The van der Waals surface area contributed by atoms with Crippen molar-refractivity contribution in [1.29, 1.82) is 5.26 Å². The number of nitrogens with zero attached hydrogens (tertiary/aromatic N) is 4. The van der Waals surface area contributed by atoms with Gasteiger partial charge in [-0.1, -0.05) is 18.1 Å². The minimum absolute atomic E-state index is 0.00193. The molecule has 0 bridgehead atoms. The Labute approximate surface area is 200 Å². The molecule has 0 radical (unpaired) electrons. The summed E-state index contributed by atoms with van der Waals surface area (Å²) < 4.78 is 35.9. The second kappa shape index (κ2) is 8.73. The molecule has 0 saturated carbocycles. The first-order chi connectivity index (χ1) is 16.9. The highest BCUT2D eigenvalue weighted by Crippen LogP contribution is 2.40. The Morgan fingerprint density at radius 2 is 1.89 bits per heavy atom. The van der Waals surface area contributed by atoms with Gasteiger partial charge in [0, 0.05) is 35.3 Å². The van der Waals surface area contributed by atoms with Crippen molar-refractivity contribution < 1.29 is 18.6 Å². The zero-order valence-electron chi connectivity index (χ0n) is 18.8. The minimum Gasteiger partial charge on any atom is -0.508 e. The third-order valence-corrected chi connectivity index (χ3v) is 6.41. The molecular formula is C27H20F2N4O2. The molecule has 1 fully saturated rings. The number of benzene rings is 3. The molecule has 0 amide bonds. The van der Waals surface area contributed by atoms with Crippen LogP contribution in [-0.2, 0) is 0 Å². The molecule has 4 aromatic rings. The molecule has 1 aromatic heterocycles. The minimum atomic E-state index is -0.671. The summed E-state index contributed by atoms with van der Waals surface area (Å²) in [4.78, 5) is 10.7. The monoisotopic (exact) mass is 470 g/mol. The second-order valence-corrected chi connectivity index (χ2v) is 8.41. The van der Waals surface area contributed by atoms with Gasteiger partial charge in [-0.15, -0.1) is 6.42 Å². The molecule has 3 aromatic carbocycles. The molecule has 1 aliphatic heterocycles. The highest BCUT2D eigenvalue weighted by atomic mass is 19.1. The van der Waals surface area contributed by atoms with Gasteiger partial charge in [0.15, 0.2) is 5.82 Å². The number of fused-ring (bicyclic) bond motifs is 2. The Bertz CT molecular complexity index is 1560. The topological polar surface area (TPSA) is 82.3 Å². The van der Waals surface area contributed by atoms with E-state index in [0.717, 1.165) is 0 Å². The van der Waals surface area contributed by atoms with E-state index in [2.05, 4.69) is 22.0 Å². The lowest BCUT2D eigenvalue weighted by molar-refractivity contribution is 0.380. The van der Waals surface area contributed by atoms with E-state index in [4.69, 9.17) is 11.2 Å². The van der Waals surface area contributed by atoms with E-state index in [1.807, 2.05) is 4.90 Å². The summed E-state index contributed by atoms with van der Waals surface area (Å²) in [6.45, 7) is 1.19. The molecule has 1 aliphatic rings. The predicted octanol–water partition coefficient (Wildman–Crippen LogP) is 5.16. The van der Waals surface area contributed by atoms with Crippen LogP contribution in [0.25, 0.3) is 32.8 Å². The van der Waals surface area contributed by atoms with Gasteiger partial charge in [-0.2, -0.15) is 15.2 Å². The summed E-state index contributed by atoms with van der Waals surface area (Å²) in [6, 6.07) is 11.1. The van der Waals surface area contributed by atoms with Crippen LogP contribution in [0.5, 0.6) is 11.8 Å². The number of methoxy groups -OCH3 is 1. The Morgan fingerprint density at radius 3 is 2.57 bits per heavy atom. The second-order valence-electron chi connectivity index (χ2n) is 8.41.